The lowest BCUT2D eigenvalue weighted by Gasteiger charge is -2.29. The van der Waals surface area contributed by atoms with Crippen LogP contribution in [-0.4, -0.2) is 101 Å². The Morgan fingerprint density at radius 3 is 1.41 bits per heavy atom. The van der Waals surface area contributed by atoms with Gasteiger partial charge in [0.1, 0.15) is 24.2 Å². The number of rotatable bonds is 27. The number of ketones is 2. The molecule has 0 aromatic carbocycles. The van der Waals surface area contributed by atoms with Gasteiger partial charge in [-0.15, -0.1) is 0 Å². The Kier molecular flexibility index (Phi) is 23.5. The number of aliphatic carboxylic acids is 1. The molecule has 0 aliphatic heterocycles. The van der Waals surface area contributed by atoms with Gasteiger partial charge in [-0.1, -0.05) is 89.5 Å². The maximum Gasteiger partial charge on any atom is 0.322 e. The van der Waals surface area contributed by atoms with Gasteiger partial charge in [0.2, 0.25) is 41.1 Å². The zero-order chi connectivity index (χ0) is 43.6. The van der Waals surface area contributed by atoms with E-state index in [1.54, 1.807) is 34.6 Å². The molecule has 0 heterocycles. The third-order valence-corrected chi connectivity index (χ3v) is 9.25. The van der Waals surface area contributed by atoms with Crippen LogP contribution in [-0.2, 0) is 38.4 Å². The Bertz CT molecular complexity index is 1340. The molecule has 322 valence electrons. The van der Waals surface area contributed by atoms with Crippen LogP contribution in [0, 0.1) is 35.5 Å². The molecule has 0 aromatic rings. The number of carboxylic acid groups (broad SMARTS) is 1. The second-order valence-electron chi connectivity index (χ2n) is 16.8. The van der Waals surface area contributed by atoms with Crippen LogP contribution >= 0.6 is 0 Å². The van der Waals surface area contributed by atoms with E-state index in [2.05, 4.69) is 37.4 Å². The molecule has 0 rings (SSSR count). The van der Waals surface area contributed by atoms with E-state index in [1.165, 1.54) is 6.92 Å². The Balaban J connectivity index is 5.94. The Labute approximate surface area is 333 Å². The second-order valence-corrected chi connectivity index (χ2v) is 16.8. The lowest BCUT2D eigenvalue weighted by molar-refractivity contribution is -0.142. The molecule has 10 N–H and O–H groups in total. The van der Waals surface area contributed by atoms with Crippen molar-refractivity contribution in [2.75, 3.05) is 6.54 Å². The van der Waals surface area contributed by atoms with E-state index in [1.807, 2.05) is 48.5 Å². The number of amides is 5. The SMILES string of the molecule is CCC(C)C(NNC(C(=O)O)C(C)C)C(=O)NC(C)C(=O)NC(C(=O)NC(CC(C)C)C(=O)C(=O)C(CC(C)C)NC(=O)CNC(=O)C(N)CC(C)C)C(C)C. The van der Waals surface area contributed by atoms with E-state index in [9.17, 15) is 43.5 Å². The van der Waals surface area contributed by atoms with Crippen molar-refractivity contribution in [3.63, 3.8) is 0 Å². The largest absolute Gasteiger partial charge is 0.480 e. The smallest absolute Gasteiger partial charge is 0.322 e. The molecule has 0 aromatic heterocycles. The zero-order valence-electron chi connectivity index (χ0n) is 35.8. The van der Waals surface area contributed by atoms with Gasteiger partial charge in [-0.3, -0.25) is 38.4 Å². The Morgan fingerprint density at radius 2 is 0.982 bits per heavy atom. The van der Waals surface area contributed by atoms with Gasteiger partial charge in [0.25, 0.3) is 0 Å². The van der Waals surface area contributed by atoms with Gasteiger partial charge >= 0.3 is 5.97 Å². The van der Waals surface area contributed by atoms with E-state index < -0.39 is 102 Å². The summed E-state index contributed by atoms with van der Waals surface area (Å²) in [4.78, 5) is 105. The maximum absolute atomic E-state index is 13.8. The highest BCUT2D eigenvalue weighted by molar-refractivity contribution is 6.41. The van der Waals surface area contributed by atoms with Gasteiger partial charge in [-0.25, -0.2) is 10.9 Å². The first-order chi connectivity index (χ1) is 25.8. The molecule has 0 fully saturated rings. The summed E-state index contributed by atoms with van der Waals surface area (Å²) in [5, 5.41) is 22.5. The fourth-order valence-corrected chi connectivity index (χ4v) is 5.75. The van der Waals surface area contributed by atoms with Gasteiger partial charge < -0.3 is 37.4 Å². The first-order valence-electron chi connectivity index (χ1n) is 19.9. The van der Waals surface area contributed by atoms with E-state index in [4.69, 9.17) is 5.73 Å². The summed E-state index contributed by atoms with van der Waals surface area (Å²) in [7, 11) is 0. The van der Waals surface area contributed by atoms with Crippen molar-refractivity contribution in [1.29, 1.82) is 0 Å². The van der Waals surface area contributed by atoms with E-state index >= 15 is 0 Å². The van der Waals surface area contributed by atoms with Gasteiger partial charge in [-0.2, -0.15) is 0 Å². The molecule has 8 atom stereocenters. The van der Waals surface area contributed by atoms with Crippen LogP contribution in [0.15, 0.2) is 0 Å². The minimum atomic E-state index is -1.28. The average Bonchev–Trinajstić information content (AvgIpc) is 3.08. The van der Waals surface area contributed by atoms with Crippen LogP contribution in [0.5, 0.6) is 0 Å². The Morgan fingerprint density at radius 1 is 0.536 bits per heavy atom. The molecule has 0 bridgehead atoms. The number of hydrogen-bond donors (Lipinski definition) is 9. The molecular weight excluding hydrogens is 724 g/mol. The molecule has 8 unspecified atom stereocenters. The molecular formula is C39H72N8O9. The molecule has 0 radical (unpaired) electrons. The maximum atomic E-state index is 13.8. The second kappa shape index (κ2) is 25.3. The van der Waals surface area contributed by atoms with Gasteiger partial charge in [0, 0.05) is 0 Å². The van der Waals surface area contributed by atoms with Crippen molar-refractivity contribution in [3.8, 4) is 0 Å². The van der Waals surface area contributed by atoms with Crippen LogP contribution < -0.4 is 43.2 Å². The van der Waals surface area contributed by atoms with Crippen molar-refractivity contribution in [2.24, 2.45) is 41.2 Å². The summed E-state index contributed by atoms with van der Waals surface area (Å²) in [5.74, 6) is -7.20. The highest BCUT2D eigenvalue weighted by Crippen LogP contribution is 2.14. The molecule has 5 amide bonds. The summed E-state index contributed by atoms with van der Waals surface area (Å²) < 4.78 is 0. The third-order valence-electron chi connectivity index (χ3n) is 9.25. The molecule has 17 heteroatoms. The van der Waals surface area contributed by atoms with Gasteiger partial charge in [0.15, 0.2) is 0 Å². The standard InChI is InChI=1S/C39H72N8O9/c1-14-24(12)32(47-46-31(23(10)11)39(55)56)38(54)42-25(13)35(51)45-30(22(8)9)37(53)44-28(17-21(6)7)34(50)33(49)27(16-20(4)5)43-29(48)18-41-36(52)26(40)15-19(2)3/h19-28,30-32,46-47H,14-18,40H2,1-13H3,(H,41,52)(H,42,54)(H,43,48)(H,44,53)(H,45,51)(H,55,56). The van der Waals surface area contributed by atoms with Crippen LogP contribution in [0.1, 0.15) is 116 Å². The first-order valence-corrected chi connectivity index (χ1v) is 19.9. The number of hydrazine groups is 1. The minimum absolute atomic E-state index is 0.0886. The van der Waals surface area contributed by atoms with E-state index in [-0.39, 0.29) is 42.4 Å². The number of carbonyl (C=O) groups excluding carboxylic acids is 7. The number of carboxylic acids is 1. The molecule has 0 aliphatic rings. The monoisotopic (exact) mass is 797 g/mol. The van der Waals surface area contributed by atoms with Gasteiger partial charge in [-0.05, 0) is 61.7 Å². The molecule has 0 saturated carbocycles. The number of nitrogens with one attached hydrogen (secondary N) is 7. The minimum Gasteiger partial charge on any atom is -0.480 e. The lowest BCUT2D eigenvalue weighted by atomic mass is 9.91. The number of Topliss-reactive ketones (excluding diaryl/α,β-unsaturated/α-hetero) is 2. The van der Waals surface area contributed by atoms with Crippen LogP contribution in [0.4, 0.5) is 0 Å². The Hall–Kier alpha value is -3.96. The van der Waals surface area contributed by atoms with Crippen LogP contribution in [0.2, 0.25) is 0 Å². The zero-order valence-corrected chi connectivity index (χ0v) is 35.8. The average molecular weight is 797 g/mol. The fourth-order valence-electron chi connectivity index (χ4n) is 5.75. The van der Waals surface area contributed by atoms with Crippen molar-refractivity contribution in [2.45, 2.75) is 158 Å². The van der Waals surface area contributed by atoms with Crippen LogP contribution in [0.3, 0.4) is 0 Å². The normalized spacial score (nSPS) is 16.0. The van der Waals surface area contributed by atoms with Crippen molar-refractivity contribution in [3.05, 3.63) is 0 Å². The molecule has 0 aliphatic carbocycles. The summed E-state index contributed by atoms with van der Waals surface area (Å²) >= 11 is 0. The highest BCUT2D eigenvalue weighted by Gasteiger charge is 2.37. The fraction of sp³-hybridized carbons (Fsp3) is 0.795. The quantitative estimate of drug-likeness (QED) is 0.0416. The summed E-state index contributed by atoms with van der Waals surface area (Å²) in [6, 6.07) is -7.45. The summed E-state index contributed by atoms with van der Waals surface area (Å²) in [6.07, 6.45) is 1.19. The van der Waals surface area contributed by atoms with Crippen LogP contribution in [0.25, 0.3) is 0 Å². The summed E-state index contributed by atoms with van der Waals surface area (Å²) in [6.45, 7) is 22.5. The van der Waals surface area contributed by atoms with E-state index in [0.717, 1.165) is 0 Å². The first kappa shape index (κ1) is 52.0. The highest BCUT2D eigenvalue weighted by atomic mass is 16.4. The molecule has 17 nitrogen and oxygen atoms in total. The van der Waals surface area contributed by atoms with Crippen molar-refractivity contribution < 1.29 is 43.5 Å². The molecule has 56 heavy (non-hydrogen) atoms. The third kappa shape index (κ3) is 18.8. The number of hydrogen-bond acceptors (Lipinski definition) is 11. The topological polar surface area (TPSA) is 267 Å². The lowest BCUT2D eigenvalue weighted by Crippen LogP contribution is -2.61. The van der Waals surface area contributed by atoms with Crippen molar-refractivity contribution in [1.82, 2.24) is 37.4 Å². The van der Waals surface area contributed by atoms with Crippen molar-refractivity contribution >= 4 is 47.1 Å². The van der Waals surface area contributed by atoms with Gasteiger partial charge in [0.05, 0.1) is 24.7 Å². The van der Waals surface area contributed by atoms with E-state index in [0.29, 0.717) is 12.8 Å². The number of nitrogens with two attached hydrogens (primary N) is 1. The predicted molar refractivity (Wildman–Crippen MR) is 213 cm³/mol. The molecule has 0 spiro atoms. The number of carbonyl (C=O) groups is 8. The summed E-state index contributed by atoms with van der Waals surface area (Å²) in [5.41, 5.74) is 11.4. The predicted octanol–water partition coefficient (Wildman–Crippen LogP) is 0.940. The molecule has 0 saturated heterocycles.